The first-order valence-electron chi connectivity index (χ1n) is 4.63. The van der Waals surface area contributed by atoms with Crippen LogP contribution in [0.4, 0.5) is 0 Å². The van der Waals surface area contributed by atoms with E-state index in [1.165, 1.54) is 12.1 Å². The van der Waals surface area contributed by atoms with Gasteiger partial charge in [0.2, 0.25) is 5.71 Å². The lowest BCUT2D eigenvalue weighted by molar-refractivity contribution is 0.0691. The van der Waals surface area contributed by atoms with Gasteiger partial charge in [0, 0.05) is 10.8 Å². The standard InChI is InChI=1S/C11H7NO4/c13-8-3-1-2-5-6-4-7(11(14)15)12-10(6)16-9(5)8/h1-4,12-13H,(H,14,15). The normalized spacial score (nSPS) is 11.2. The number of phenolic OH excluding ortho intramolecular Hbond substituents is 1. The van der Waals surface area contributed by atoms with Crippen molar-refractivity contribution in [1.82, 2.24) is 4.98 Å². The second-order valence-electron chi connectivity index (χ2n) is 3.49. The van der Waals surface area contributed by atoms with E-state index in [0.717, 1.165) is 0 Å². The molecule has 0 spiro atoms. The Morgan fingerprint density at radius 3 is 2.88 bits per heavy atom. The van der Waals surface area contributed by atoms with Gasteiger partial charge in [-0.1, -0.05) is 12.1 Å². The van der Waals surface area contributed by atoms with Crippen molar-refractivity contribution >= 4 is 28.0 Å². The molecule has 3 N–H and O–H groups in total. The first-order chi connectivity index (χ1) is 7.66. The van der Waals surface area contributed by atoms with Gasteiger partial charge in [-0.2, -0.15) is 0 Å². The molecule has 0 aliphatic heterocycles. The number of para-hydroxylation sites is 1. The van der Waals surface area contributed by atoms with Crippen molar-refractivity contribution in [1.29, 1.82) is 0 Å². The van der Waals surface area contributed by atoms with Crippen LogP contribution in [-0.2, 0) is 0 Å². The molecule has 0 saturated carbocycles. The summed E-state index contributed by atoms with van der Waals surface area (Å²) in [6.45, 7) is 0. The third kappa shape index (κ3) is 1.02. The molecule has 0 fully saturated rings. The molecule has 1 aromatic carbocycles. The number of aromatic carboxylic acids is 1. The van der Waals surface area contributed by atoms with Gasteiger partial charge in [0.15, 0.2) is 11.3 Å². The van der Waals surface area contributed by atoms with Crippen molar-refractivity contribution in [3.63, 3.8) is 0 Å². The van der Waals surface area contributed by atoms with E-state index in [1.807, 2.05) is 0 Å². The second-order valence-corrected chi connectivity index (χ2v) is 3.49. The highest BCUT2D eigenvalue weighted by Gasteiger charge is 2.15. The van der Waals surface area contributed by atoms with E-state index in [1.54, 1.807) is 12.1 Å². The third-order valence-corrected chi connectivity index (χ3v) is 2.50. The quantitative estimate of drug-likeness (QED) is 0.583. The number of hydrogen-bond donors (Lipinski definition) is 3. The third-order valence-electron chi connectivity index (χ3n) is 2.50. The van der Waals surface area contributed by atoms with Crippen molar-refractivity contribution in [3.8, 4) is 5.75 Å². The number of benzene rings is 1. The Kier molecular flexibility index (Phi) is 1.54. The number of aromatic hydroxyl groups is 1. The first-order valence-corrected chi connectivity index (χ1v) is 4.63. The lowest BCUT2D eigenvalue weighted by Gasteiger charge is -1.91. The van der Waals surface area contributed by atoms with Crippen LogP contribution in [0.5, 0.6) is 5.75 Å². The number of hydrogen-bond acceptors (Lipinski definition) is 3. The van der Waals surface area contributed by atoms with Gasteiger partial charge in [-0.25, -0.2) is 4.79 Å². The maximum Gasteiger partial charge on any atom is 0.352 e. The summed E-state index contributed by atoms with van der Waals surface area (Å²) in [5.41, 5.74) is 0.786. The van der Waals surface area contributed by atoms with Crippen LogP contribution >= 0.6 is 0 Å². The minimum absolute atomic E-state index is 0.0407. The molecule has 3 rings (SSSR count). The molecule has 3 aromatic rings. The van der Waals surface area contributed by atoms with Gasteiger partial charge in [0.05, 0.1) is 0 Å². The monoisotopic (exact) mass is 217 g/mol. The van der Waals surface area contributed by atoms with Gasteiger partial charge >= 0.3 is 5.97 Å². The molecule has 5 nitrogen and oxygen atoms in total. The summed E-state index contributed by atoms with van der Waals surface area (Å²) in [6, 6.07) is 6.45. The van der Waals surface area contributed by atoms with Gasteiger partial charge in [-0.05, 0) is 12.1 Å². The molecular formula is C11H7NO4. The van der Waals surface area contributed by atoms with Gasteiger partial charge in [0.25, 0.3) is 0 Å². The van der Waals surface area contributed by atoms with Crippen LogP contribution in [0.1, 0.15) is 10.5 Å². The highest BCUT2D eigenvalue weighted by atomic mass is 16.4. The smallest absolute Gasteiger partial charge is 0.352 e. The number of fused-ring (bicyclic) bond motifs is 3. The van der Waals surface area contributed by atoms with E-state index >= 15 is 0 Å². The fraction of sp³-hybridized carbons (Fsp3) is 0. The summed E-state index contributed by atoms with van der Waals surface area (Å²) >= 11 is 0. The van der Waals surface area contributed by atoms with Gasteiger partial charge < -0.3 is 19.6 Å². The average molecular weight is 217 g/mol. The molecule has 80 valence electrons. The molecule has 0 radical (unpaired) electrons. The van der Waals surface area contributed by atoms with Crippen molar-refractivity contribution in [2.75, 3.05) is 0 Å². The lowest BCUT2D eigenvalue weighted by Crippen LogP contribution is -1.94. The SMILES string of the molecule is O=C(O)c1cc2c([nH]1)oc1c(O)cccc12. The van der Waals surface area contributed by atoms with E-state index in [-0.39, 0.29) is 11.4 Å². The Balaban J connectivity index is 2.43. The van der Waals surface area contributed by atoms with E-state index in [0.29, 0.717) is 22.1 Å². The maximum absolute atomic E-state index is 10.7. The highest BCUT2D eigenvalue weighted by Crippen LogP contribution is 2.33. The number of phenols is 1. The predicted octanol–water partition coefficient (Wildman–Crippen LogP) is 2.32. The molecule has 0 saturated heterocycles. The Bertz CT molecular complexity index is 707. The Morgan fingerprint density at radius 2 is 2.12 bits per heavy atom. The van der Waals surface area contributed by atoms with Crippen LogP contribution in [0.2, 0.25) is 0 Å². The number of nitrogens with one attached hydrogen (secondary N) is 1. The predicted molar refractivity (Wildman–Crippen MR) is 56.7 cm³/mol. The van der Waals surface area contributed by atoms with Gasteiger partial charge in [0.1, 0.15) is 5.69 Å². The maximum atomic E-state index is 10.7. The molecule has 0 atom stereocenters. The highest BCUT2D eigenvalue weighted by molar-refractivity contribution is 6.08. The average Bonchev–Trinajstić information content (AvgIpc) is 2.76. The van der Waals surface area contributed by atoms with E-state index in [9.17, 15) is 9.90 Å². The van der Waals surface area contributed by atoms with Crippen LogP contribution in [0.3, 0.4) is 0 Å². The van der Waals surface area contributed by atoms with Crippen molar-refractivity contribution in [2.24, 2.45) is 0 Å². The number of carbonyl (C=O) groups is 1. The number of carboxylic acid groups (broad SMARTS) is 1. The largest absolute Gasteiger partial charge is 0.504 e. The van der Waals surface area contributed by atoms with Crippen LogP contribution in [-0.4, -0.2) is 21.2 Å². The Hall–Kier alpha value is -2.43. The minimum Gasteiger partial charge on any atom is -0.504 e. The van der Waals surface area contributed by atoms with Crippen LogP contribution in [0.25, 0.3) is 22.1 Å². The fourth-order valence-electron chi connectivity index (χ4n) is 1.78. The molecule has 0 unspecified atom stereocenters. The second kappa shape index (κ2) is 2.79. The van der Waals surface area contributed by atoms with E-state index < -0.39 is 5.97 Å². The van der Waals surface area contributed by atoms with Crippen LogP contribution in [0.15, 0.2) is 28.7 Å². The molecule has 0 aliphatic carbocycles. The first kappa shape index (κ1) is 8.84. The van der Waals surface area contributed by atoms with Crippen LogP contribution in [0, 0.1) is 0 Å². The number of aromatic nitrogens is 1. The molecule has 5 heteroatoms. The number of rotatable bonds is 1. The number of furan rings is 1. The number of H-pyrrole nitrogens is 1. The summed E-state index contributed by atoms with van der Waals surface area (Å²) in [4.78, 5) is 13.4. The topological polar surface area (TPSA) is 86.5 Å². The van der Waals surface area contributed by atoms with Crippen molar-refractivity contribution in [3.05, 3.63) is 30.0 Å². The van der Waals surface area contributed by atoms with E-state index in [4.69, 9.17) is 9.52 Å². The Labute approximate surface area is 88.9 Å². The summed E-state index contributed by atoms with van der Waals surface area (Å²) in [7, 11) is 0. The lowest BCUT2D eigenvalue weighted by atomic mass is 10.2. The number of carboxylic acids is 1. The summed E-state index contributed by atoms with van der Waals surface area (Å²) < 4.78 is 5.35. The zero-order valence-electron chi connectivity index (χ0n) is 8.02. The van der Waals surface area contributed by atoms with Crippen LogP contribution < -0.4 is 0 Å². The van der Waals surface area contributed by atoms with Gasteiger partial charge in [-0.15, -0.1) is 0 Å². The zero-order chi connectivity index (χ0) is 11.3. The van der Waals surface area contributed by atoms with Gasteiger partial charge in [-0.3, -0.25) is 0 Å². The summed E-state index contributed by atoms with van der Waals surface area (Å²) in [5.74, 6) is -1.00. The fourth-order valence-corrected chi connectivity index (χ4v) is 1.78. The number of aromatic amines is 1. The molecular weight excluding hydrogens is 210 g/mol. The molecule has 16 heavy (non-hydrogen) atoms. The van der Waals surface area contributed by atoms with E-state index in [2.05, 4.69) is 4.98 Å². The molecule has 0 amide bonds. The molecule has 2 aromatic heterocycles. The molecule has 0 bridgehead atoms. The molecule has 2 heterocycles. The summed E-state index contributed by atoms with van der Waals surface area (Å²) in [5, 5.41) is 19.7. The molecule has 0 aliphatic rings. The minimum atomic E-state index is -1.04. The van der Waals surface area contributed by atoms with Crippen molar-refractivity contribution < 1.29 is 19.4 Å². The summed E-state index contributed by atoms with van der Waals surface area (Å²) in [6.07, 6.45) is 0. The zero-order valence-corrected chi connectivity index (χ0v) is 8.02. The Morgan fingerprint density at radius 1 is 1.31 bits per heavy atom. The van der Waals surface area contributed by atoms with Crippen molar-refractivity contribution in [2.45, 2.75) is 0 Å².